The lowest BCUT2D eigenvalue weighted by Gasteiger charge is -2.26. The number of benzene rings is 1. The average Bonchev–Trinajstić information content (AvgIpc) is 2.40. The SMILES string of the molecule is CCNC(Cc1ccc(OC)c(F)c1)C(CC)OC. The Hall–Kier alpha value is -1.13. The fourth-order valence-electron chi connectivity index (χ4n) is 2.30. The molecule has 1 aromatic rings. The molecule has 0 aliphatic carbocycles. The summed E-state index contributed by atoms with van der Waals surface area (Å²) in [4.78, 5) is 0. The fraction of sp³-hybridized carbons (Fsp3) is 0.600. The molecule has 108 valence electrons. The molecule has 0 aliphatic rings. The van der Waals surface area contributed by atoms with E-state index in [0.29, 0.717) is 0 Å². The number of rotatable bonds is 8. The van der Waals surface area contributed by atoms with Gasteiger partial charge in [-0.05, 0) is 37.1 Å². The van der Waals surface area contributed by atoms with Crippen molar-refractivity contribution in [3.8, 4) is 5.75 Å². The Balaban J connectivity index is 2.81. The minimum Gasteiger partial charge on any atom is -0.494 e. The predicted molar refractivity (Wildman–Crippen MR) is 75.2 cm³/mol. The Morgan fingerprint density at radius 1 is 1.26 bits per heavy atom. The van der Waals surface area contributed by atoms with E-state index in [4.69, 9.17) is 9.47 Å². The summed E-state index contributed by atoms with van der Waals surface area (Å²) in [7, 11) is 3.19. The van der Waals surface area contributed by atoms with Gasteiger partial charge in [0.05, 0.1) is 13.2 Å². The van der Waals surface area contributed by atoms with E-state index < -0.39 is 0 Å². The van der Waals surface area contributed by atoms with Crippen LogP contribution in [-0.2, 0) is 11.2 Å². The monoisotopic (exact) mass is 269 g/mol. The normalized spacial score (nSPS) is 14.2. The number of methoxy groups -OCH3 is 2. The summed E-state index contributed by atoms with van der Waals surface area (Å²) < 4.78 is 24.1. The van der Waals surface area contributed by atoms with E-state index >= 15 is 0 Å². The third-order valence-corrected chi connectivity index (χ3v) is 3.29. The highest BCUT2D eigenvalue weighted by molar-refractivity contribution is 5.29. The highest BCUT2D eigenvalue weighted by Crippen LogP contribution is 2.19. The first kappa shape index (κ1) is 15.9. The van der Waals surface area contributed by atoms with Gasteiger partial charge in [-0.15, -0.1) is 0 Å². The smallest absolute Gasteiger partial charge is 0.165 e. The molecule has 0 radical (unpaired) electrons. The molecule has 0 aromatic heterocycles. The second-order valence-corrected chi connectivity index (χ2v) is 4.52. The van der Waals surface area contributed by atoms with Crippen molar-refractivity contribution >= 4 is 0 Å². The minimum absolute atomic E-state index is 0.130. The third-order valence-electron chi connectivity index (χ3n) is 3.29. The molecule has 1 rings (SSSR count). The zero-order valence-corrected chi connectivity index (χ0v) is 12.2. The van der Waals surface area contributed by atoms with Crippen LogP contribution in [0.15, 0.2) is 18.2 Å². The number of hydrogen-bond acceptors (Lipinski definition) is 3. The van der Waals surface area contributed by atoms with Crippen LogP contribution < -0.4 is 10.1 Å². The molecule has 2 atom stereocenters. The number of halogens is 1. The van der Waals surface area contributed by atoms with Crippen molar-refractivity contribution in [1.29, 1.82) is 0 Å². The molecule has 0 fully saturated rings. The molecule has 0 amide bonds. The van der Waals surface area contributed by atoms with E-state index in [-0.39, 0.29) is 23.7 Å². The molecule has 19 heavy (non-hydrogen) atoms. The minimum atomic E-state index is -0.319. The summed E-state index contributed by atoms with van der Waals surface area (Å²) in [5.74, 6) is -0.0387. The zero-order valence-electron chi connectivity index (χ0n) is 12.2. The highest BCUT2D eigenvalue weighted by atomic mass is 19.1. The zero-order chi connectivity index (χ0) is 14.3. The van der Waals surface area contributed by atoms with E-state index in [1.165, 1.54) is 13.2 Å². The maximum absolute atomic E-state index is 13.7. The predicted octanol–water partition coefficient (Wildman–Crippen LogP) is 2.78. The van der Waals surface area contributed by atoms with Gasteiger partial charge >= 0.3 is 0 Å². The largest absolute Gasteiger partial charge is 0.494 e. The molecular formula is C15H24FNO2. The molecule has 0 saturated carbocycles. The molecule has 1 aromatic carbocycles. The average molecular weight is 269 g/mol. The number of ether oxygens (including phenoxy) is 2. The van der Waals surface area contributed by atoms with Gasteiger partial charge in [0.15, 0.2) is 11.6 Å². The summed E-state index contributed by atoms with van der Waals surface area (Å²) in [5.41, 5.74) is 0.944. The van der Waals surface area contributed by atoms with Gasteiger partial charge in [0.2, 0.25) is 0 Å². The molecular weight excluding hydrogens is 245 g/mol. The summed E-state index contributed by atoms with van der Waals surface area (Å²) in [5, 5.41) is 3.40. The van der Waals surface area contributed by atoms with Crippen LogP contribution in [-0.4, -0.2) is 32.9 Å². The second-order valence-electron chi connectivity index (χ2n) is 4.52. The van der Waals surface area contributed by atoms with Crippen LogP contribution >= 0.6 is 0 Å². The van der Waals surface area contributed by atoms with Gasteiger partial charge in [-0.3, -0.25) is 0 Å². The first-order valence-electron chi connectivity index (χ1n) is 6.74. The topological polar surface area (TPSA) is 30.5 Å². The van der Waals surface area contributed by atoms with E-state index in [1.54, 1.807) is 13.2 Å². The molecule has 0 heterocycles. The van der Waals surface area contributed by atoms with Crippen LogP contribution in [0.5, 0.6) is 5.75 Å². The van der Waals surface area contributed by atoms with Gasteiger partial charge in [-0.25, -0.2) is 4.39 Å². The summed E-state index contributed by atoms with van der Waals surface area (Å²) in [6.45, 7) is 5.01. The number of hydrogen-bond donors (Lipinski definition) is 1. The van der Waals surface area contributed by atoms with Crippen LogP contribution in [0.2, 0.25) is 0 Å². The first-order valence-corrected chi connectivity index (χ1v) is 6.74. The van der Waals surface area contributed by atoms with Crippen LogP contribution in [0, 0.1) is 5.82 Å². The van der Waals surface area contributed by atoms with Crippen LogP contribution in [0.1, 0.15) is 25.8 Å². The maximum Gasteiger partial charge on any atom is 0.165 e. The lowest BCUT2D eigenvalue weighted by atomic mass is 9.99. The van der Waals surface area contributed by atoms with Crippen molar-refractivity contribution in [2.75, 3.05) is 20.8 Å². The van der Waals surface area contributed by atoms with E-state index in [9.17, 15) is 4.39 Å². The Labute approximate surface area is 115 Å². The summed E-state index contributed by atoms with van der Waals surface area (Å²) in [6.07, 6.45) is 1.79. The van der Waals surface area contributed by atoms with Crippen LogP contribution in [0.3, 0.4) is 0 Å². The first-order chi connectivity index (χ1) is 9.15. The number of likely N-dealkylation sites (N-methyl/N-ethyl adjacent to an activating group) is 1. The van der Waals surface area contributed by atoms with Crippen LogP contribution in [0.25, 0.3) is 0 Å². The summed E-state index contributed by atoms with van der Waals surface area (Å²) >= 11 is 0. The lowest BCUT2D eigenvalue weighted by Crippen LogP contribution is -2.42. The fourth-order valence-corrected chi connectivity index (χ4v) is 2.30. The molecule has 0 bridgehead atoms. The van der Waals surface area contributed by atoms with Gasteiger partial charge in [0.25, 0.3) is 0 Å². The van der Waals surface area contributed by atoms with Crippen molar-refractivity contribution < 1.29 is 13.9 Å². The van der Waals surface area contributed by atoms with Gasteiger partial charge in [0, 0.05) is 13.2 Å². The van der Waals surface area contributed by atoms with E-state index in [2.05, 4.69) is 19.2 Å². The van der Waals surface area contributed by atoms with Gasteiger partial charge in [0.1, 0.15) is 0 Å². The van der Waals surface area contributed by atoms with E-state index in [1.807, 2.05) is 6.07 Å². The Morgan fingerprint density at radius 2 is 2.00 bits per heavy atom. The molecule has 1 N–H and O–H groups in total. The molecule has 0 aliphatic heterocycles. The van der Waals surface area contributed by atoms with E-state index in [0.717, 1.165) is 24.9 Å². The third kappa shape index (κ3) is 4.48. The van der Waals surface area contributed by atoms with Crippen molar-refractivity contribution in [3.63, 3.8) is 0 Å². The van der Waals surface area contributed by atoms with Crippen molar-refractivity contribution in [1.82, 2.24) is 5.32 Å². The van der Waals surface area contributed by atoms with Crippen molar-refractivity contribution in [2.45, 2.75) is 38.8 Å². The van der Waals surface area contributed by atoms with Gasteiger partial charge < -0.3 is 14.8 Å². The van der Waals surface area contributed by atoms with Crippen molar-refractivity contribution in [2.24, 2.45) is 0 Å². The molecule has 2 unspecified atom stereocenters. The van der Waals surface area contributed by atoms with Gasteiger partial charge in [-0.2, -0.15) is 0 Å². The molecule has 0 saturated heterocycles. The Morgan fingerprint density at radius 3 is 2.47 bits per heavy atom. The summed E-state index contributed by atoms with van der Waals surface area (Å²) in [6, 6.07) is 5.29. The Bertz CT molecular complexity index is 380. The van der Waals surface area contributed by atoms with Crippen molar-refractivity contribution in [3.05, 3.63) is 29.6 Å². The standard InChI is InChI=1S/C15H24FNO2/c1-5-14(18-3)13(17-6-2)10-11-7-8-15(19-4)12(16)9-11/h7-9,13-14,17H,5-6,10H2,1-4H3. The second kappa shape index (κ2) is 8.12. The highest BCUT2D eigenvalue weighted by Gasteiger charge is 2.19. The number of nitrogens with one attached hydrogen (secondary N) is 1. The lowest BCUT2D eigenvalue weighted by molar-refractivity contribution is 0.0658. The Kier molecular flexibility index (Phi) is 6.81. The molecule has 3 nitrogen and oxygen atoms in total. The molecule has 4 heteroatoms. The van der Waals surface area contributed by atoms with Gasteiger partial charge in [-0.1, -0.05) is 19.9 Å². The quantitative estimate of drug-likeness (QED) is 0.787. The molecule has 0 spiro atoms. The van der Waals surface area contributed by atoms with Crippen LogP contribution in [0.4, 0.5) is 4.39 Å². The maximum atomic E-state index is 13.7.